The van der Waals surface area contributed by atoms with Crippen molar-refractivity contribution < 1.29 is 0 Å². The average molecular weight is 239 g/mol. The summed E-state index contributed by atoms with van der Waals surface area (Å²) in [5, 5.41) is 7.13. The number of unbranched alkanes of at least 4 members (excludes halogenated alkanes) is 1. The molecular weight excluding hydrogens is 210 g/mol. The largest absolute Gasteiger partial charge is 0.314 e. The van der Waals surface area contributed by atoms with Crippen LogP contribution in [0.2, 0.25) is 0 Å². The predicted molar refractivity (Wildman–Crippen MR) is 73.4 cm³/mol. The maximum atomic E-state index is 3.73. The first-order chi connectivity index (χ1) is 8.45. The van der Waals surface area contributed by atoms with Gasteiger partial charge in [-0.3, -0.25) is 0 Å². The van der Waals surface area contributed by atoms with Crippen LogP contribution in [0.4, 0.5) is 0 Å². The Kier molecular flexibility index (Phi) is 6.32. The highest BCUT2D eigenvalue weighted by molar-refractivity contribution is 4.72. The summed E-state index contributed by atoms with van der Waals surface area (Å²) in [5.74, 6) is 0. The first-order valence-electron chi connectivity index (χ1n) is 7.61. The zero-order valence-corrected chi connectivity index (χ0v) is 11.2. The molecule has 100 valence electrons. The first kappa shape index (κ1) is 13.3. The molecule has 0 aromatic carbocycles. The Morgan fingerprint density at radius 1 is 1.00 bits per heavy atom. The molecule has 1 saturated heterocycles. The van der Waals surface area contributed by atoms with Crippen molar-refractivity contribution in [3.63, 3.8) is 0 Å². The Balaban J connectivity index is 1.42. The topological polar surface area (TPSA) is 27.3 Å². The lowest BCUT2D eigenvalue weighted by Gasteiger charge is -2.27. The highest BCUT2D eigenvalue weighted by atomic mass is 15.2. The molecule has 2 fully saturated rings. The van der Waals surface area contributed by atoms with Crippen LogP contribution in [0.5, 0.6) is 0 Å². The summed E-state index contributed by atoms with van der Waals surface area (Å²) < 4.78 is 0. The lowest BCUT2D eigenvalue weighted by Crippen LogP contribution is -2.43. The minimum absolute atomic E-state index is 0.836. The molecule has 0 unspecified atom stereocenters. The lowest BCUT2D eigenvalue weighted by molar-refractivity contribution is 0.235. The van der Waals surface area contributed by atoms with Gasteiger partial charge >= 0.3 is 0 Å². The SMILES string of the molecule is C1CCC(NCCCCN2CCNCC2)CC1. The molecule has 0 bridgehead atoms. The normalized spacial score (nSPS) is 24.0. The van der Waals surface area contributed by atoms with Crippen molar-refractivity contribution in [3.05, 3.63) is 0 Å². The van der Waals surface area contributed by atoms with E-state index in [1.54, 1.807) is 0 Å². The van der Waals surface area contributed by atoms with Gasteiger partial charge in [-0.2, -0.15) is 0 Å². The van der Waals surface area contributed by atoms with E-state index in [1.807, 2.05) is 0 Å². The zero-order valence-electron chi connectivity index (χ0n) is 11.2. The Morgan fingerprint density at radius 3 is 2.53 bits per heavy atom. The number of rotatable bonds is 6. The maximum Gasteiger partial charge on any atom is 0.0107 e. The van der Waals surface area contributed by atoms with E-state index in [0.29, 0.717) is 0 Å². The maximum absolute atomic E-state index is 3.73. The minimum Gasteiger partial charge on any atom is -0.314 e. The molecule has 17 heavy (non-hydrogen) atoms. The van der Waals surface area contributed by atoms with Gasteiger partial charge in [-0.25, -0.2) is 0 Å². The van der Waals surface area contributed by atoms with Crippen LogP contribution in [0, 0.1) is 0 Å². The quantitative estimate of drug-likeness (QED) is 0.689. The van der Waals surface area contributed by atoms with Gasteiger partial charge in [0.15, 0.2) is 0 Å². The Bertz CT molecular complexity index is 164. The van der Waals surface area contributed by atoms with Crippen molar-refractivity contribution >= 4 is 0 Å². The molecule has 3 nitrogen and oxygen atoms in total. The third kappa shape index (κ3) is 5.36. The van der Waals surface area contributed by atoms with Gasteiger partial charge in [0.2, 0.25) is 0 Å². The fourth-order valence-corrected chi connectivity index (χ4v) is 3.01. The van der Waals surface area contributed by atoms with Gasteiger partial charge in [-0.1, -0.05) is 19.3 Å². The molecule has 1 aliphatic carbocycles. The molecule has 0 atom stereocenters. The molecular formula is C14H29N3. The Labute approximate surface area is 106 Å². The molecule has 0 radical (unpaired) electrons. The van der Waals surface area contributed by atoms with Crippen molar-refractivity contribution in [2.75, 3.05) is 39.3 Å². The van der Waals surface area contributed by atoms with E-state index in [0.717, 1.165) is 6.04 Å². The smallest absolute Gasteiger partial charge is 0.0107 e. The Hall–Kier alpha value is -0.120. The first-order valence-corrected chi connectivity index (χ1v) is 7.61. The van der Waals surface area contributed by atoms with Gasteiger partial charge in [0.05, 0.1) is 0 Å². The van der Waals surface area contributed by atoms with E-state index >= 15 is 0 Å². The van der Waals surface area contributed by atoms with Crippen LogP contribution in [0.1, 0.15) is 44.9 Å². The van der Waals surface area contributed by atoms with Crippen molar-refractivity contribution in [2.24, 2.45) is 0 Å². The molecule has 2 N–H and O–H groups in total. The van der Waals surface area contributed by atoms with Crippen LogP contribution < -0.4 is 10.6 Å². The summed E-state index contributed by atoms with van der Waals surface area (Å²) in [6, 6.07) is 0.836. The third-order valence-electron chi connectivity index (χ3n) is 4.15. The van der Waals surface area contributed by atoms with Gasteiger partial charge in [0, 0.05) is 32.2 Å². The standard InChI is InChI=1S/C14H29N3/c1-2-6-14(7-3-1)16-8-4-5-11-17-12-9-15-10-13-17/h14-16H,1-13H2. The molecule has 1 saturated carbocycles. The fraction of sp³-hybridized carbons (Fsp3) is 1.00. The van der Waals surface area contributed by atoms with Crippen LogP contribution in [0.25, 0.3) is 0 Å². The lowest BCUT2D eigenvalue weighted by atomic mass is 9.95. The molecule has 0 aromatic rings. The van der Waals surface area contributed by atoms with E-state index < -0.39 is 0 Å². The van der Waals surface area contributed by atoms with E-state index in [4.69, 9.17) is 0 Å². The van der Waals surface area contributed by atoms with Crippen LogP contribution in [-0.2, 0) is 0 Å². The van der Waals surface area contributed by atoms with Crippen molar-refractivity contribution in [3.8, 4) is 0 Å². The fourth-order valence-electron chi connectivity index (χ4n) is 3.01. The van der Waals surface area contributed by atoms with E-state index in [9.17, 15) is 0 Å². The van der Waals surface area contributed by atoms with Crippen molar-refractivity contribution in [1.29, 1.82) is 0 Å². The molecule has 0 amide bonds. The van der Waals surface area contributed by atoms with Gasteiger partial charge in [0.1, 0.15) is 0 Å². The molecule has 3 heteroatoms. The summed E-state index contributed by atoms with van der Waals surface area (Å²) in [7, 11) is 0. The molecule has 2 rings (SSSR count). The summed E-state index contributed by atoms with van der Waals surface area (Å²) in [6.45, 7) is 7.39. The number of nitrogens with zero attached hydrogens (tertiary/aromatic N) is 1. The van der Waals surface area contributed by atoms with E-state index in [-0.39, 0.29) is 0 Å². The summed E-state index contributed by atoms with van der Waals surface area (Å²) in [6.07, 6.45) is 9.88. The summed E-state index contributed by atoms with van der Waals surface area (Å²) >= 11 is 0. The van der Waals surface area contributed by atoms with Crippen LogP contribution in [0.3, 0.4) is 0 Å². The number of nitrogens with one attached hydrogen (secondary N) is 2. The highest BCUT2D eigenvalue weighted by Gasteiger charge is 2.12. The van der Waals surface area contributed by atoms with Crippen LogP contribution >= 0.6 is 0 Å². The zero-order chi connectivity index (χ0) is 11.8. The number of piperazine rings is 1. The third-order valence-corrected chi connectivity index (χ3v) is 4.15. The second kappa shape index (κ2) is 8.06. The van der Waals surface area contributed by atoms with E-state index in [1.165, 1.54) is 84.2 Å². The summed E-state index contributed by atoms with van der Waals surface area (Å²) in [4.78, 5) is 2.59. The van der Waals surface area contributed by atoms with Gasteiger partial charge in [0.25, 0.3) is 0 Å². The summed E-state index contributed by atoms with van der Waals surface area (Å²) in [5.41, 5.74) is 0. The second-order valence-corrected chi connectivity index (χ2v) is 5.59. The monoisotopic (exact) mass is 239 g/mol. The highest BCUT2D eigenvalue weighted by Crippen LogP contribution is 2.17. The van der Waals surface area contributed by atoms with Gasteiger partial charge < -0.3 is 15.5 Å². The molecule has 2 aliphatic rings. The molecule has 0 aromatic heterocycles. The van der Waals surface area contributed by atoms with Crippen molar-refractivity contribution in [2.45, 2.75) is 51.0 Å². The predicted octanol–water partition coefficient (Wildman–Crippen LogP) is 1.59. The molecule has 1 aliphatic heterocycles. The Morgan fingerprint density at radius 2 is 1.76 bits per heavy atom. The molecule has 0 spiro atoms. The van der Waals surface area contributed by atoms with Gasteiger partial charge in [-0.05, 0) is 38.8 Å². The average Bonchev–Trinajstić information content (AvgIpc) is 2.41. The number of hydrogen-bond acceptors (Lipinski definition) is 3. The number of hydrogen-bond donors (Lipinski definition) is 2. The van der Waals surface area contributed by atoms with Crippen molar-refractivity contribution in [1.82, 2.24) is 15.5 Å². The second-order valence-electron chi connectivity index (χ2n) is 5.59. The van der Waals surface area contributed by atoms with E-state index in [2.05, 4.69) is 15.5 Å². The molecule has 1 heterocycles. The minimum atomic E-state index is 0.836. The van der Waals surface area contributed by atoms with Crippen LogP contribution in [0.15, 0.2) is 0 Å². The van der Waals surface area contributed by atoms with Gasteiger partial charge in [-0.15, -0.1) is 0 Å². The van der Waals surface area contributed by atoms with Crippen LogP contribution in [-0.4, -0.2) is 50.2 Å².